The largest absolute Gasteiger partial charge is 0.360 e. The van der Waals surface area contributed by atoms with Gasteiger partial charge in [-0.15, -0.1) is 10.0 Å². The summed E-state index contributed by atoms with van der Waals surface area (Å²) in [6.07, 6.45) is 3.61. The van der Waals surface area contributed by atoms with Crippen LogP contribution in [-0.2, 0) is 11.2 Å². The van der Waals surface area contributed by atoms with E-state index in [1.54, 1.807) is 10.9 Å². The third-order valence-corrected chi connectivity index (χ3v) is 4.37. The number of hydrogen-bond acceptors (Lipinski definition) is 5. The molecule has 2 aromatic heterocycles. The van der Waals surface area contributed by atoms with Crippen LogP contribution < -0.4 is 10.2 Å². The summed E-state index contributed by atoms with van der Waals surface area (Å²) in [5, 5.41) is 10.4. The highest BCUT2D eigenvalue weighted by Crippen LogP contribution is 2.24. The zero-order chi connectivity index (χ0) is 20.1. The average molecular weight is 384 g/mol. The van der Waals surface area contributed by atoms with E-state index in [4.69, 9.17) is 0 Å². The van der Waals surface area contributed by atoms with Crippen LogP contribution in [0.4, 0.5) is 10.3 Å². The number of nitrogens with zero attached hydrogens (tertiary/aromatic N) is 5. The van der Waals surface area contributed by atoms with Gasteiger partial charge in [-0.25, -0.2) is 4.68 Å². The molecule has 2 heterocycles. The molecule has 1 amide bonds. The van der Waals surface area contributed by atoms with E-state index in [1.165, 1.54) is 6.07 Å². The maximum atomic E-state index is 12.9. The molecule has 0 spiro atoms. The Hall–Kier alpha value is -3.49. The second-order valence-corrected chi connectivity index (χ2v) is 6.26. The number of aldehydes is 1. The minimum atomic E-state index is -0.797. The fourth-order valence-corrected chi connectivity index (χ4v) is 2.87. The number of carbonyl (C=O) groups is 2. The third-order valence-electron chi connectivity index (χ3n) is 4.37. The van der Waals surface area contributed by atoms with Crippen LogP contribution >= 0.6 is 0 Å². The fourth-order valence-electron chi connectivity index (χ4n) is 2.87. The molecule has 0 aliphatic rings. The van der Waals surface area contributed by atoms with Crippen molar-refractivity contribution in [2.75, 3.05) is 18.5 Å². The molecule has 1 N–H and O–H groups in total. The summed E-state index contributed by atoms with van der Waals surface area (Å²) < 4.78 is 14.7. The van der Waals surface area contributed by atoms with Gasteiger partial charge in [-0.3, -0.25) is 4.79 Å². The molecule has 1 aromatic carbocycles. The number of carbonyl (C=O) groups excluding carboxylic acids is 2. The molecule has 9 heteroatoms. The van der Waals surface area contributed by atoms with Gasteiger partial charge >= 0.3 is 0 Å². The molecule has 0 aliphatic carbocycles. The van der Waals surface area contributed by atoms with Crippen molar-refractivity contribution >= 4 is 18.0 Å². The van der Waals surface area contributed by atoms with Crippen molar-refractivity contribution in [3.05, 3.63) is 60.0 Å². The molecule has 3 rings (SSSR count). The van der Waals surface area contributed by atoms with Gasteiger partial charge in [0, 0.05) is 25.6 Å². The molecule has 28 heavy (non-hydrogen) atoms. The van der Waals surface area contributed by atoms with Gasteiger partial charge in [-0.05, 0) is 25.1 Å². The van der Waals surface area contributed by atoms with Crippen molar-refractivity contribution in [1.29, 1.82) is 0 Å². The number of amides is 1. The van der Waals surface area contributed by atoms with Crippen molar-refractivity contribution in [3.8, 4) is 5.69 Å². The number of rotatable bonds is 8. The quantitative estimate of drug-likeness (QED) is 0.599. The Labute approximate surface area is 161 Å². The minimum absolute atomic E-state index is 0.0447. The minimum Gasteiger partial charge on any atom is -0.360 e. The summed E-state index contributed by atoms with van der Waals surface area (Å²) in [7, 11) is 1.93. The maximum Gasteiger partial charge on any atom is 0.272 e. The van der Waals surface area contributed by atoms with Crippen molar-refractivity contribution < 1.29 is 14.1 Å². The summed E-state index contributed by atoms with van der Waals surface area (Å²) >= 11 is 0. The summed E-state index contributed by atoms with van der Waals surface area (Å²) in [6, 6.07) is 10.1. The van der Waals surface area contributed by atoms with Crippen LogP contribution in [0.3, 0.4) is 0 Å². The molecular weight excluding hydrogens is 363 g/mol. The number of nitrogens with one attached hydrogen (secondary N) is 1. The average Bonchev–Trinajstić information content (AvgIpc) is 3.34. The van der Waals surface area contributed by atoms with Gasteiger partial charge in [0.05, 0.1) is 24.1 Å². The van der Waals surface area contributed by atoms with Crippen LogP contribution in [0.2, 0.25) is 0 Å². The van der Waals surface area contributed by atoms with Crippen molar-refractivity contribution in [3.63, 3.8) is 0 Å². The Balaban J connectivity index is 1.84. The van der Waals surface area contributed by atoms with Gasteiger partial charge in [0.25, 0.3) is 5.91 Å². The van der Waals surface area contributed by atoms with Crippen molar-refractivity contribution in [1.82, 2.24) is 25.1 Å². The van der Waals surface area contributed by atoms with Gasteiger partial charge in [0.15, 0.2) is 5.69 Å². The van der Waals surface area contributed by atoms with Crippen LogP contribution in [0.1, 0.15) is 23.0 Å². The van der Waals surface area contributed by atoms with Crippen LogP contribution in [0.5, 0.6) is 0 Å². The molecule has 0 fully saturated rings. The van der Waals surface area contributed by atoms with E-state index < -0.39 is 11.9 Å². The zero-order valence-electron chi connectivity index (χ0n) is 15.6. The highest BCUT2D eigenvalue weighted by molar-refractivity contribution is 5.93. The monoisotopic (exact) mass is 384 g/mol. The van der Waals surface area contributed by atoms with Gasteiger partial charge in [-0.2, -0.15) is 5.10 Å². The van der Waals surface area contributed by atoms with E-state index in [-0.39, 0.29) is 17.0 Å². The van der Waals surface area contributed by atoms with Gasteiger partial charge in [0.2, 0.25) is 0 Å². The van der Waals surface area contributed by atoms with Crippen molar-refractivity contribution in [2.45, 2.75) is 19.4 Å². The summed E-state index contributed by atoms with van der Waals surface area (Å²) in [4.78, 5) is 25.8. The van der Waals surface area contributed by atoms with Gasteiger partial charge in [-0.1, -0.05) is 22.7 Å². The second-order valence-electron chi connectivity index (χ2n) is 6.26. The van der Waals surface area contributed by atoms with E-state index in [1.807, 2.05) is 49.2 Å². The maximum absolute atomic E-state index is 12.9. The Kier molecular flexibility index (Phi) is 5.83. The van der Waals surface area contributed by atoms with Crippen LogP contribution in [-0.4, -0.2) is 51.6 Å². The molecule has 0 bridgehead atoms. The summed E-state index contributed by atoms with van der Waals surface area (Å²) in [5.41, 5.74) is 1.60. The van der Waals surface area contributed by atoms with E-state index in [0.29, 0.717) is 6.29 Å². The molecule has 8 nitrogen and oxygen atoms in total. The van der Waals surface area contributed by atoms with Gasteiger partial charge < -0.3 is 15.0 Å². The Morgan fingerprint density at radius 1 is 1.32 bits per heavy atom. The van der Waals surface area contributed by atoms with E-state index >= 15 is 0 Å². The van der Waals surface area contributed by atoms with Gasteiger partial charge in [0.1, 0.15) is 12.1 Å². The van der Waals surface area contributed by atoms with Crippen molar-refractivity contribution in [2.24, 2.45) is 0 Å². The Morgan fingerprint density at radius 2 is 2.07 bits per heavy atom. The fraction of sp³-hybridized carbons (Fsp3) is 0.263. The topological polar surface area (TPSA) is 85.1 Å². The van der Waals surface area contributed by atoms with Crippen LogP contribution in [0, 0.1) is 0 Å². The SMILES string of the molecule is CCN(C)c1c(CC(C=O)NC(=O)c2ccn(F)n2)cnn1-c1ccccc1. The summed E-state index contributed by atoms with van der Waals surface area (Å²) in [6.45, 7) is 2.75. The molecular formula is C19H21FN6O2. The molecule has 0 radical (unpaired) electrons. The standard InChI is InChI=1S/C19H21FN6O2/c1-3-24(2)19-14(12-21-26(19)16-7-5-4-6-8-16)11-15(13-27)22-18(28)17-9-10-25(20)23-17/h4-10,12-13,15H,3,11H2,1-2H3,(H,22,28). The number of anilines is 1. The lowest BCUT2D eigenvalue weighted by Gasteiger charge is -2.21. The normalized spacial score (nSPS) is 11.8. The number of benzene rings is 1. The molecule has 1 atom stereocenters. The molecule has 0 saturated heterocycles. The lowest BCUT2D eigenvalue weighted by Crippen LogP contribution is -2.38. The first-order chi connectivity index (χ1) is 13.5. The predicted molar refractivity (Wildman–Crippen MR) is 102 cm³/mol. The van der Waals surface area contributed by atoms with E-state index in [0.717, 1.165) is 29.8 Å². The smallest absolute Gasteiger partial charge is 0.272 e. The zero-order valence-corrected chi connectivity index (χ0v) is 15.6. The summed E-state index contributed by atoms with van der Waals surface area (Å²) in [5.74, 6) is 0.220. The van der Waals surface area contributed by atoms with Crippen LogP contribution in [0.25, 0.3) is 5.69 Å². The highest BCUT2D eigenvalue weighted by Gasteiger charge is 2.21. The Morgan fingerprint density at radius 3 is 2.68 bits per heavy atom. The van der Waals surface area contributed by atoms with E-state index in [9.17, 15) is 14.1 Å². The first-order valence-corrected chi connectivity index (χ1v) is 8.85. The lowest BCUT2D eigenvalue weighted by atomic mass is 10.1. The first kappa shape index (κ1) is 19.3. The highest BCUT2D eigenvalue weighted by atomic mass is 19.2. The number of aromatic nitrogens is 4. The molecule has 146 valence electrons. The third kappa shape index (κ3) is 4.08. The number of hydrogen-bond donors (Lipinski definition) is 1. The molecule has 3 aromatic rings. The predicted octanol–water partition coefficient (Wildman–Crippen LogP) is 1.80. The van der Waals surface area contributed by atoms with E-state index in [2.05, 4.69) is 15.5 Å². The second kappa shape index (κ2) is 8.47. The first-order valence-electron chi connectivity index (χ1n) is 8.85. The molecule has 0 aliphatic heterocycles. The Bertz CT molecular complexity index is 953. The molecule has 1 unspecified atom stereocenters. The van der Waals surface area contributed by atoms with Crippen LogP contribution in [0.15, 0.2) is 48.8 Å². The number of halogens is 1. The molecule has 0 saturated carbocycles. The number of para-hydroxylation sites is 1. The lowest BCUT2D eigenvalue weighted by molar-refractivity contribution is -0.109.